The van der Waals surface area contributed by atoms with Crippen LogP contribution in [0.4, 0.5) is 0 Å². The van der Waals surface area contributed by atoms with Crippen LogP contribution in [0.3, 0.4) is 0 Å². The number of carbonyl (C=O) groups is 2. The summed E-state index contributed by atoms with van der Waals surface area (Å²) in [5.74, 6) is 0.709. The third-order valence-electron chi connectivity index (χ3n) is 2.88. The highest BCUT2D eigenvalue weighted by Gasteiger charge is 2.17. The third kappa shape index (κ3) is 3.31. The summed E-state index contributed by atoms with van der Waals surface area (Å²) >= 11 is 0. The molecule has 0 aromatic carbocycles. The van der Waals surface area contributed by atoms with E-state index in [0.717, 1.165) is 0 Å². The van der Waals surface area contributed by atoms with Crippen molar-refractivity contribution in [3.63, 3.8) is 0 Å². The normalized spacial score (nSPS) is 10.4. The summed E-state index contributed by atoms with van der Waals surface area (Å²) in [7, 11) is 3.28. The van der Waals surface area contributed by atoms with Crippen LogP contribution in [0.1, 0.15) is 39.5 Å². The molecule has 2 amide bonds. The Bertz CT molecular complexity index is 642. The Balaban J connectivity index is 1.97. The molecule has 2 aromatic rings. The maximum absolute atomic E-state index is 12.0. The Morgan fingerprint density at radius 3 is 2.76 bits per heavy atom. The summed E-state index contributed by atoms with van der Waals surface area (Å²) in [5.41, 5.74) is 0.272. The van der Waals surface area contributed by atoms with Crippen LogP contribution >= 0.6 is 0 Å². The number of hydrogen-bond acceptors (Lipinski definition) is 5. The van der Waals surface area contributed by atoms with Crippen molar-refractivity contribution in [1.82, 2.24) is 15.2 Å². The zero-order chi connectivity index (χ0) is 15.4. The molecule has 0 saturated carbocycles. The summed E-state index contributed by atoms with van der Waals surface area (Å²) in [4.78, 5) is 29.0. The first-order valence-electron chi connectivity index (χ1n) is 6.53. The Kier molecular flexibility index (Phi) is 4.42. The molecule has 2 heterocycles. The lowest BCUT2D eigenvalue weighted by molar-refractivity contribution is 0.0794. The number of hydrogen-bond donors (Lipinski definition) is 1. The second-order valence-corrected chi connectivity index (χ2v) is 4.63. The van der Waals surface area contributed by atoms with Gasteiger partial charge in [-0.15, -0.1) is 0 Å². The van der Waals surface area contributed by atoms with Crippen LogP contribution in [0, 0.1) is 0 Å². The number of nitrogens with one attached hydrogen (secondary N) is 1. The molecule has 7 nitrogen and oxygen atoms in total. The number of nitrogens with zero attached hydrogens (tertiary/aromatic N) is 2. The Morgan fingerprint density at radius 1 is 1.33 bits per heavy atom. The van der Waals surface area contributed by atoms with E-state index < -0.39 is 0 Å². The van der Waals surface area contributed by atoms with E-state index >= 15 is 0 Å². The van der Waals surface area contributed by atoms with Crippen molar-refractivity contribution in [1.29, 1.82) is 0 Å². The second-order valence-electron chi connectivity index (χ2n) is 4.63. The molecule has 0 fully saturated rings. The van der Waals surface area contributed by atoms with Crippen LogP contribution in [0.2, 0.25) is 0 Å². The predicted octanol–water partition coefficient (Wildman–Crippen LogP) is 1.46. The van der Waals surface area contributed by atoms with Gasteiger partial charge in [0.1, 0.15) is 11.5 Å². The van der Waals surface area contributed by atoms with Crippen LogP contribution in [0.25, 0.3) is 0 Å². The Hall–Kier alpha value is -2.57. The molecule has 0 spiro atoms. The van der Waals surface area contributed by atoms with Crippen molar-refractivity contribution in [2.45, 2.75) is 19.9 Å². The van der Waals surface area contributed by atoms with E-state index in [4.69, 9.17) is 8.83 Å². The average molecular weight is 291 g/mol. The van der Waals surface area contributed by atoms with Gasteiger partial charge in [0.15, 0.2) is 17.8 Å². The Labute approximate surface area is 121 Å². The predicted molar refractivity (Wildman–Crippen MR) is 73.8 cm³/mol. The molecule has 2 aromatic heterocycles. The van der Waals surface area contributed by atoms with E-state index in [1.807, 2.05) is 6.92 Å². The monoisotopic (exact) mass is 291 g/mol. The van der Waals surface area contributed by atoms with Gasteiger partial charge in [0.2, 0.25) is 0 Å². The lowest BCUT2D eigenvalue weighted by Crippen LogP contribution is -2.24. The highest BCUT2D eigenvalue weighted by atomic mass is 16.4. The van der Waals surface area contributed by atoms with E-state index in [-0.39, 0.29) is 29.8 Å². The molecule has 2 rings (SSSR count). The average Bonchev–Trinajstić information content (AvgIpc) is 3.12. The number of amides is 2. The van der Waals surface area contributed by atoms with Crippen LogP contribution < -0.4 is 5.32 Å². The zero-order valence-corrected chi connectivity index (χ0v) is 12.2. The molecule has 1 N–H and O–H groups in total. The first kappa shape index (κ1) is 14.8. The number of aryl methyl sites for hydroxylation is 1. The topological polar surface area (TPSA) is 88.6 Å². The lowest BCUT2D eigenvalue weighted by atomic mass is 10.2. The van der Waals surface area contributed by atoms with Gasteiger partial charge in [-0.05, 0) is 12.1 Å². The van der Waals surface area contributed by atoms with Crippen molar-refractivity contribution in [3.8, 4) is 0 Å². The van der Waals surface area contributed by atoms with Crippen molar-refractivity contribution in [2.75, 3.05) is 14.1 Å². The van der Waals surface area contributed by atoms with Gasteiger partial charge in [-0.3, -0.25) is 9.59 Å². The molecule has 0 atom stereocenters. The van der Waals surface area contributed by atoms with Gasteiger partial charge in [-0.2, -0.15) is 0 Å². The number of rotatable bonds is 5. The SMILES string of the molecule is CCc1ocnc1C(=O)NCc1ccc(C(=O)N(C)C)o1. The van der Waals surface area contributed by atoms with Gasteiger partial charge in [0.05, 0.1) is 6.54 Å². The molecule has 0 aliphatic heterocycles. The van der Waals surface area contributed by atoms with Crippen molar-refractivity contribution in [2.24, 2.45) is 0 Å². The fourth-order valence-electron chi connectivity index (χ4n) is 1.77. The van der Waals surface area contributed by atoms with Gasteiger partial charge in [-0.25, -0.2) is 4.98 Å². The largest absolute Gasteiger partial charge is 0.454 e. The fraction of sp³-hybridized carbons (Fsp3) is 0.357. The van der Waals surface area contributed by atoms with E-state index in [1.165, 1.54) is 11.3 Å². The zero-order valence-electron chi connectivity index (χ0n) is 12.2. The van der Waals surface area contributed by atoms with E-state index in [9.17, 15) is 9.59 Å². The number of carbonyl (C=O) groups excluding carboxylic acids is 2. The highest BCUT2D eigenvalue weighted by molar-refractivity contribution is 5.93. The van der Waals surface area contributed by atoms with Crippen LogP contribution in [-0.4, -0.2) is 35.8 Å². The first-order valence-corrected chi connectivity index (χ1v) is 6.53. The minimum atomic E-state index is -0.336. The first-order chi connectivity index (χ1) is 10.0. The second kappa shape index (κ2) is 6.25. The molecular formula is C14H17N3O4. The van der Waals surface area contributed by atoms with Crippen molar-refractivity contribution >= 4 is 11.8 Å². The minimum absolute atomic E-state index is 0.176. The molecule has 0 radical (unpaired) electrons. The van der Waals surface area contributed by atoms with Crippen molar-refractivity contribution < 1.29 is 18.4 Å². The van der Waals surface area contributed by atoms with Crippen molar-refractivity contribution in [3.05, 3.63) is 41.5 Å². The number of aromatic nitrogens is 1. The summed E-state index contributed by atoms with van der Waals surface area (Å²) in [5, 5.41) is 2.68. The van der Waals surface area contributed by atoms with Gasteiger partial charge in [0.25, 0.3) is 11.8 Å². The summed E-state index contributed by atoms with van der Waals surface area (Å²) < 4.78 is 10.5. The van der Waals surface area contributed by atoms with Crippen LogP contribution in [-0.2, 0) is 13.0 Å². The molecular weight excluding hydrogens is 274 g/mol. The fourth-order valence-corrected chi connectivity index (χ4v) is 1.77. The quantitative estimate of drug-likeness (QED) is 0.901. The maximum Gasteiger partial charge on any atom is 0.289 e. The molecule has 7 heteroatoms. The van der Waals surface area contributed by atoms with Gasteiger partial charge in [-0.1, -0.05) is 6.92 Å². The van der Waals surface area contributed by atoms with E-state index in [2.05, 4.69) is 10.3 Å². The Morgan fingerprint density at radius 2 is 2.10 bits per heavy atom. The number of oxazole rings is 1. The van der Waals surface area contributed by atoms with Crippen LogP contribution in [0.5, 0.6) is 0 Å². The molecule has 112 valence electrons. The minimum Gasteiger partial charge on any atom is -0.454 e. The summed E-state index contributed by atoms with van der Waals surface area (Å²) in [6.07, 6.45) is 1.83. The third-order valence-corrected chi connectivity index (χ3v) is 2.88. The maximum atomic E-state index is 12.0. The smallest absolute Gasteiger partial charge is 0.289 e. The molecule has 0 saturated heterocycles. The van der Waals surface area contributed by atoms with E-state index in [1.54, 1.807) is 26.2 Å². The van der Waals surface area contributed by atoms with Gasteiger partial charge < -0.3 is 19.1 Å². The van der Waals surface area contributed by atoms with Gasteiger partial charge >= 0.3 is 0 Å². The molecule has 0 aliphatic rings. The summed E-state index contributed by atoms with van der Waals surface area (Å²) in [6, 6.07) is 3.23. The van der Waals surface area contributed by atoms with Gasteiger partial charge in [0, 0.05) is 20.5 Å². The number of furan rings is 1. The summed E-state index contributed by atoms with van der Waals surface area (Å²) in [6.45, 7) is 2.05. The van der Waals surface area contributed by atoms with Crippen LogP contribution in [0.15, 0.2) is 27.4 Å². The molecule has 0 aliphatic carbocycles. The highest BCUT2D eigenvalue weighted by Crippen LogP contribution is 2.11. The molecule has 21 heavy (non-hydrogen) atoms. The molecule has 0 bridgehead atoms. The standard InChI is InChI=1S/C14H17N3O4/c1-4-10-12(16-8-20-10)13(18)15-7-9-5-6-11(21-9)14(19)17(2)3/h5-6,8H,4,7H2,1-3H3,(H,15,18). The lowest BCUT2D eigenvalue weighted by Gasteiger charge is -2.06. The molecule has 0 unspecified atom stereocenters. The van der Waals surface area contributed by atoms with E-state index in [0.29, 0.717) is 17.9 Å².